The van der Waals surface area contributed by atoms with E-state index in [2.05, 4.69) is 16.6 Å². The number of hydrogen-bond donors (Lipinski definition) is 0. The van der Waals surface area contributed by atoms with Crippen LogP contribution in [0, 0.1) is 0 Å². The molecule has 20 heavy (non-hydrogen) atoms. The van der Waals surface area contributed by atoms with Gasteiger partial charge in [0.25, 0.3) is 5.56 Å². The number of aliphatic imine (C=N–C) groups is 1. The minimum absolute atomic E-state index is 0.252. The van der Waals surface area contributed by atoms with Crippen LogP contribution in [0.1, 0.15) is 13.8 Å². The standard InChI is InChI=1S/C15H14FN3O/c1-4-19-8-6-12-5-7-17-14(13(12)15(19)20)18-11(3)9-10(2)16/h4-9H,1H2,2-3H3/b10-9+,18-11?. The molecule has 0 aliphatic rings. The summed E-state index contributed by atoms with van der Waals surface area (Å²) in [6.45, 7) is 6.56. The van der Waals surface area contributed by atoms with Gasteiger partial charge in [-0.2, -0.15) is 0 Å². The molecule has 0 aliphatic heterocycles. The predicted octanol–water partition coefficient (Wildman–Crippen LogP) is 3.46. The van der Waals surface area contributed by atoms with Crippen molar-refractivity contribution in [3.63, 3.8) is 0 Å². The van der Waals surface area contributed by atoms with Gasteiger partial charge < -0.3 is 0 Å². The molecule has 0 amide bonds. The third kappa shape index (κ3) is 2.71. The molecule has 0 spiro atoms. The number of rotatable bonds is 3. The van der Waals surface area contributed by atoms with Crippen LogP contribution in [-0.4, -0.2) is 15.3 Å². The molecule has 102 valence electrons. The number of allylic oxidation sites excluding steroid dienone is 2. The monoisotopic (exact) mass is 271 g/mol. The Morgan fingerprint density at radius 3 is 2.85 bits per heavy atom. The fourth-order valence-electron chi connectivity index (χ4n) is 1.90. The first-order chi connectivity index (χ1) is 9.52. The van der Waals surface area contributed by atoms with Gasteiger partial charge in [0.15, 0.2) is 5.82 Å². The molecule has 2 rings (SSSR count). The fourth-order valence-corrected chi connectivity index (χ4v) is 1.90. The molecular formula is C15H14FN3O. The van der Waals surface area contributed by atoms with Gasteiger partial charge in [-0.3, -0.25) is 9.36 Å². The minimum atomic E-state index is -0.352. The normalized spacial score (nSPS) is 12.8. The second-order valence-electron chi connectivity index (χ2n) is 4.29. The van der Waals surface area contributed by atoms with E-state index in [-0.39, 0.29) is 17.2 Å². The third-order valence-corrected chi connectivity index (χ3v) is 2.71. The largest absolute Gasteiger partial charge is 0.291 e. The van der Waals surface area contributed by atoms with Gasteiger partial charge in [0.1, 0.15) is 0 Å². The van der Waals surface area contributed by atoms with Crippen molar-refractivity contribution in [2.75, 3.05) is 0 Å². The van der Waals surface area contributed by atoms with Crippen LogP contribution in [0.25, 0.3) is 17.0 Å². The van der Waals surface area contributed by atoms with E-state index in [0.717, 1.165) is 5.39 Å². The Labute approximate surface area is 115 Å². The van der Waals surface area contributed by atoms with Crippen LogP contribution >= 0.6 is 0 Å². The number of pyridine rings is 2. The molecule has 0 saturated heterocycles. The summed E-state index contributed by atoms with van der Waals surface area (Å²) in [7, 11) is 0. The second-order valence-corrected chi connectivity index (χ2v) is 4.29. The smallest absolute Gasteiger partial charge is 0.266 e. The van der Waals surface area contributed by atoms with Crippen LogP contribution in [0.15, 0.2) is 52.8 Å². The van der Waals surface area contributed by atoms with Crippen molar-refractivity contribution < 1.29 is 4.39 Å². The average molecular weight is 271 g/mol. The number of hydrogen-bond acceptors (Lipinski definition) is 3. The predicted molar refractivity (Wildman–Crippen MR) is 80.0 cm³/mol. The molecule has 0 aromatic carbocycles. The fraction of sp³-hybridized carbons (Fsp3) is 0.133. The van der Waals surface area contributed by atoms with Gasteiger partial charge in [-0.05, 0) is 37.4 Å². The van der Waals surface area contributed by atoms with Crippen molar-refractivity contribution in [3.05, 3.63) is 53.4 Å². The van der Waals surface area contributed by atoms with E-state index in [1.165, 1.54) is 23.8 Å². The molecule has 0 unspecified atom stereocenters. The lowest BCUT2D eigenvalue weighted by Crippen LogP contribution is -2.14. The summed E-state index contributed by atoms with van der Waals surface area (Å²) in [6, 6.07) is 3.51. The summed E-state index contributed by atoms with van der Waals surface area (Å²) in [5.74, 6) is -0.0753. The zero-order chi connectivity index (χ0) is 14.7. The molecule has 0 fully saturated rings. The van der Waals surface area contributed by atoms with E-state index in [1.54, 1.807) is 31.5 Å². The first-order valence-corrected chi connectivity index (χ1v) is 6.04. The Hall–Kier alpha value is -2.56. The summed E-state index contributed by atoms with van der Waals surface area (Å²) in [4.78, 5) is 20.6. The molecule has 2 aromatic heterocycles. The Morgan fingerprint density at radius 2 is 2.20 bits per heavy atom. The van der Waals surface area contributed by atoms with E-state index in [1.807, 2.05) is 0 Å². The van der Waals surface area contributed by atoms with Crippen molar-refractivity contribution in [3.8, 4) is 0 Å². The second kappa shape index (κ2) is 5.61. The van der Waals surface area contributed by atoms with Crippen LogP contribution in [0.2, 0.25) is 0 Å². The highest BCUT2D eigenvalue weighted by atomic mass is 19.1. The lowest BCUT2D eigenvalue weighted by atomic mass is 10.2. The molecule has 2 heterocycles. The molecule has 0 saturated carbocycles. The maximum atomic E-state index is 12.8. The van der Waals surface area contributed by atoms with Crippen LogP contribution in [0.3, 0.4) is 0 Å². The minimum Gasteiger partial charge on any atom is -0.291 e. The zero-order valence-corrected chi connectivity index (χ0v) is 11.3. The highest BCUT2D eigenvalue weighted by Crippen LogP contribution is 2.20. The van der Waals surface area contributed by atoms with Gasteiger partial charge >= 0.3 is 0 Å². The van der Waals surface area contributed by atoms with Gasteiger partial charge in [0, 0.05) is 24.3 Å². The van der Waals surface area contributed by atoms with E-state index in [9.17, 15) is 9.18 Å². The molecule has 0 atom stereocenters. The quantitative estimate of drug-likeness (QED) is 0.802. The molecule has 0 aliphatic carbocycles. The van der Waals surface area contributed by atoms with Gasteiger partial charge in [-0.25, -0.2) is 14.4 Å². The summed E-state index contributed by atoms with van der Waals surface area (Å²) >= 11 is 0. The lowest BCUT2D eigenvalue weighted by molar-refractivity contribution is 0.642. The van der Waals surface area contributed by atoms with Crippen molar-refractivity contribution in [1.82, 2.24) is 9.55 Å². The SMILES string of the molecule is C=Cn1ccc2ccnc(N=C(C)/C=C(\C)F)c2c1=O. The first kappa shape index (κ1) is 13.9. The summed E-state index contributed by atoms with van der Waals surface area (Å²) in [5, 5.41) is 1.12. The van der Waals surface area contributed by atoms with E-state index in [0.29, 0.717) is 11.1 Å². The molecule has 0 bridgehead atoms. The van der Waals surface area contributed by atoms with Crippen molar-refractivity contribution in [2.24, 2.45) is 4.99 Å². The molecule has 0 radical (unpaired) electrons. The van der Waals surface area contributed by atoms with Gasteiger partial charge in [0.05, 0.1) is 11.2 Å². The molecule has 4 nitrogen and oxygen atoms in total. The van der Waals surface area contributed by atoms with E-state index < -0.39 is 0 Å². The molecular weight excluding hydrogens is 257 g/mol. The Balaban J connectivity index is 2.74. The highest BCUT2D eigenvalue weighted by molar-refractivity contribution is 5.98. The van der Waals surface area contributed by atoms with Crippen LogP contribution in [0.5, 0.6) is 0 Å². The molecule has 2 aromatic rings. The van der Waals surface area contributed by atoms with Crippen LogP contribution < -0.4 is 5.56 Å². The maximum Gasteiger partial charge on any atom is 0.266 e. The number of nitrogens with zero attached hydrogens (tertiary/aromatic N) is 3. The van der Waals surface area contributed by atoms with Gasteiger partial charge in [0.2, 0.25) is 0 Å². The first-order valence-electron chi connectivity index (χ1n) is 6.04. The van der Waals surface area contributed by atoms with Gasteiger partial charge in [-0.1, -0.05) is 6.58 Å². The average Bonchev–Trinajstić information content (AvgIpc) is 2.38. The highest BCUT2D eigenvalue weighted by Gasteiger charge is 2.07. The van der Waals surface area contributed by atoms with E-state index in [4.69, 9.17) is 0 Å². The molecule has 0 N–H and O–H groups in total. The maximum absolute atomic E-state index is 12.8. The summed E-state index contributed by atoms with van der Waals surface area (Å²) in [5.41, 5.74) is 0.191. The van der Waals surface area contributed by atoms with Gasteiger partial charge in [-0.15, -0.1) is 0 Å². The Kier molecular flexibility index (Phi) is 3.89. The van der Waals surface area contributed by atoms with Crippen molar-refractivity contribution in [1.29, 1.82) is 0 Å². The number of aromatic nitrogens is 2. The van der Waals surface area contributed by atoms with Crippen molar-refractivity contribution >= 4 is 28.5 Å². The third-order valence-electron chi connectivity index (χ3n) is 2.71. The zero-order valence-electron chi connectivity index (χ0n) is 11.3. The lowest BCUT2D eigenvalue weighted by Gasteiger charge is -2.04. The summed E-state index contributed by atoms with van der Waals surface area (Å²) in [6.07, 6.45) is 5.90. The topological polar surface area (TPSA) is 47.2 Å². The molecule has 5 heteroatoms. The van der Waals surface area contributed by atoms with Crippen LogP contribution in [0.4, 0.5) is 10.2 Å². The Bertz CT molecular complexity index is 783. The number of halogens is 1. The van der Waals surface area contributed by atoms with E-state index >= 15 is 0 Å². The Morgan fingerprint density at radius 1 is 1.45 bits per heavy atom. The number of fused-ring (bicyclic) bond motifs is 1. The van der Waals surface area contributed by atoms with Crippen molar-refractivity contribution in [2.45, 2.75) is 13.8 Å². The summed E-state index contributed by atoms with van der Waals surface area (Å²) < 4.78 is 14.2. The van der Waals surface area contributed by atoms with Crippen LogP contribution in [-0.2, 0) is 0 Å².